The molecule has 0 N–H and O–H groups in total. The van der Waals surface area contributed by atoms with Crippen molar-refractivity contribution in [2.75, 3.05) is 0 Å². The molecule has 0 fully saturated rings. The van der Waals surface area contributed by atoms with Gasteiger partial charge in [-0.05, 0) is 40.5 Å². The van der Waals surface area contributed by atoms with Gasteiger partial charge in [0.2, 0.25) is 0 Å². The molecule has 0 saturated carbocycles. The molecule has 96 valence electrons. The summed E-state index contributed by atoms with van der Waals surface area (Å²) in [7, 11) is 0. The highest BCUT2D eigenvalue weighted by Gasteiger charge is 2.10. The molecule has 2 aromatic carbocycles. The lowest BCUT2D eigenvalue weighted by molar-refractivity contribution is 0.303. The number of aryl methyl sites for hydroxylation is 1. The van der Waals surface area contributed by atoms with Gasteiger partial charge in [-0.3, -0.25) is 0 Å². The van der Waals surface area contributed by atoms with Crippen LogP contribution in [-0.4, -0.2) is 0 Å². The van der Waals surface area contributed by atoms with Gasteiger partial charge in [0, 0.05) is 5.02 Å². The van der Waals surface area contributed by atoms with Crippen LogP contribution >= 0.6 is 27.5 Å². The molecular weight excluding hydrogens is 326 g/mol. The molecule has 0 saturated heterocycles. The molecule has 0 radical (unpaired) electrons. The van der Waals surface area contributed by atoms with Gasteiger partial charge in [-0.15, -0.1) is 0 Å². The summed E-state index contributed by atoms with van der Waals surface area (Å²) < 4.78 is 6.40. The molecule has 19 heavy (non-hydrogen) atoms. The van der Waals surface area contributed by atoms with E-state index in [0.29, 0.717) is 27.4 Å². The van der Waals surface area contributed by atoms with Crippen LogP contribution in [0.1, 0.15) is 16.7 Å². The molecule has 0 aromatic heterocycles. The zero-order chi connectivity index (χ0) is 13.8. The zero-order valence-corrected chi connectivity index (χ0v) is 12.6. The molecule has 0 aliphatic rings. The summed E-state index contributed by atoms with van der Waals surface area (Å²) in [5.74, 6) is 0.521. The Labute approximate surface area is 125 Å². The third-order valence-electron chi connectivity index (χ3n) is 2.63. The fourth-order valence-corrected chi connectivity index (χ4v) is 2.55. The van der Waals surface area contributed by atoms with Crippen LogP contribution in [0.4, 0.5) is 0 Å². The fraction of sp³-hybridized carbons (Fsp3) is 0.133. The lowest BCUT2D eigenvalue weighted by Gasteiger charge is -2.10. The second-order valence-electron chi connectivity index (χ2n) is 4.15. The van der Waals surface area contributed by atoms with Crippen LogP contribution in [0.5, 0.6) is 5.75 Å². The highest BCUT2D eigenvalue weighted by molar-refractivity contribution is 9.10. The van der Waals surface area contributed by atoms with Crippen molar-refractivity contribution in [2.45, 2.75) is 13.5 Å². The summed E-state index contributed by atoms with van der Waals surface area (Å²) in [5, 5.41) is 9.60. The number of nitriles is 1. The maximum atomic E-state index is 9.09. The van der Waals surface area contributed by atoms with Gasteiger partial charge in [0.1, 0.15) is 12.7 Å². The van der Waals surface area contributed by atoms with E-state index in [9.17, 15) is 0 Å². The van der Waals surface area contributed by atoms with Gasteiger partial charge < -0.3 is 4.74 Å². The molecule has 0 aliphatic heterocycles. The topological polar surface area (TPSA) is 33.0 Å². The molecule has 2 rings (SSSR count). The van der Waals surface area contributed by atoms with Crippen LogP contribution in [0.3, 0.4) is 0 Å². The van der Waals surface area contributed by atoms with E-state index in [0.717, 1.165) is 5.56 Å². The summed E-state index contributed by atoms with van der Waals surface area (Å²) >= 11 is 9.26. The predicted molar refractivity (Wildman–Crippen MR) is 79.4 cm³/mol. The van der Waals surface area contributed by atoms with Gasteiger partial charge in [0.25, 0.3) is 0 Å². The molecule has 0 bridgehead atoms. The zero-order valence-electron chi connectivity index (χ0n) is 10.3. The first-order chi connectivity index (χ1) is 9.10. The van der Waals surface area contributed by atoms with E-state index in [2.05, 4.69) is 22.0 Å². The van der Waals surface area contributed by atoms with Crippen molar-refractivity contribution < 1.29 is 4.74 Å². The first kappa shape index (κ1) is 13.9. The van der Waals surface area contributed by atoms with Crippen molar-refractivity contribution in [1.82, 2.24) is 0 Å². The largest absolute Gasteiger partial charge is 0.486 e. The predicted octanol–water partition coefficient (Wildman–Crippen LogP) is 4.86. The van der Waals surface area contributed by atoms with Gasteiger partial charge >= 0.3 is 0 Å². The Bertz CT molecular complexity index is 632. The first-order valence-corrected chi connectivity index (χ1v) is 6.84. The van der Waals surface area contributed by atoms with Crippen molar-refractivity contribution in [1.29, 1.82) is 5.26 Å². The molecule has 0 atom stereocenters. The van der Waals surface area contributed by atoms with Crippen molar-refractivity contribution in [2.24, 2.45) is 0 Å². The third kappa shape index (κ3) is 3.50. The molecule has 0 spiro atoms. The summed E-state index contributed by atoms with van der Waals surface area (Å²) in [6.45, 7) is 2.45. The SMILES string of the molecule is Cc1ccc(COc2c(Br)cc(Cl)cc2C#N)cc1. The molecular formula is C15H11BrClNO. The molecule has 0 aliphatic carbocycles. The first-order valence-electron chi connectivity index (χ1n) is 5.67. The van der Waals surface area contributed by atoms with E-state index in [1.807, 2.05) is 31.2 Å². The fourth-order valence-electron chi connectivity index (χ4n) is 1.63. The third-order valence-corrected chi connectivity index (χ3v) is 3.44. The number of rotatable bonds is 3. The normalized spacial score (nSPS) is 10.0. The lowest BCUT2D eigenvalue weighted by atomic mass is 10.1. The monoisotopic (exact) mass is 335 g/mol. The van der Waals surface area contributed by atoms with E-state index in [1.165, 1.54) is 5.56 Å². The maximum absolute atomic E-state index is 9.09. The van der Waals surface area contributed by atoms with E-state index in [4.69, 9.17) is 21.6 Å². The number of hydrogen-bond acceptors (Lipinski definition) is 2. The van der Waals surface area contributed by atoms with Gasteiger partial charge in [0.05, 0.1) is 10.0 Å². The lowest BCUT2D eigenvalue weighted by Crippen LogP contribution is -1.98. The summed E-state index contributed by atoms with van der Waals surface area (Å²) in [5.41, 5.74) is 2.68. The number of hydrogen-bond donors (Lipinski definition) is 0. The Balaban J connectivity index is 2.20. The van der Waals surface area contributed by atoms with Gasteiger partial charge in [0.15, 0.2) is 5.75 Å². The number of nitrogens with zero attached hydrogens (tertiary/aromatic N) is 1. The van der Waals surface area contributed by atoms with E-state index in [-0.39, 0.29) is 0 Å². The van der Waals surface area contributed by atoms with E-state index in [1.54, 1.807) is 12.1 Å². The van der Waals surface area contributed by atoms with Gasteiger partial charge in [-0.2, -0.15) is 5.26 Å². The average Bonchev–Trinajstić information content (AvgIpc) is 2.39. The number of halogens is 2. The van der Waals surface area contributed by atoms with Crippen LogP contribution in [0.15, 0.2) is 40.9 Å². The number of ether oxygens (including phenoxy) is 1. The summed E-state index contributed by atoms with van der Waals surface area (Å²) in [6, 6.07) is 13.5. The Hall–Kier alpha value is -1.50. The minimum Gasteiger partial charge on any atom is -0.486 e. The Morgan fingerprint density at radius 3 is 2.58 bits per heavy atom. The smallest absolute Gasteiger partial charge is 0.151 e. The highest BCUT2D eigenvalue weighted by Crippen LogP contribution is 2.32. The Kier molecular flexibility index (Phi) is 4.47. The van der Waals surface area contributed by atoms with Crippen molar-refractivity contribution in [3.8, 4) is 11.8 Å². The summed E-state index contributed by atoms with van der Waals surface area (Å²) in [6.07, 6.45) is 0. The molecule has 2 aromatic rings. The minimum atomic E-state index is 0.412. The standard InChI is InChI=1S/C15H11BrClNO/c1-10-2-4-11(5-3-10)9-19-15-12(8-18)6-13(17)7-14(15)16/h2-7H,9H2,1H3. The van der Waals surface area contributed by atoms with Crippen molar-refractivity contribution in [3.63, 3.8) is 0 Å². The molecule has 0 amide bonds. The summed E-state index contributed by atoms with van der Waals surface area (Å²) in [4.78, 5) is 0. The van der Waals surface area contributed by atoms with Gasteiger partial charge in [-0.25, -0.2) is 0 Å². The maximum Gasteiger partial charge on any atom is 0.151 e. The number of benzene rings is 2. The van der Waals surface area contributed by atoms with Crippen LogP contribution in [0.2, 0.25) is 5.02 Å². The highest BCUT2D eigenvalue weighted by atomic mass is 79.9. The van der Waals surface area contributed by atoms with Crippen LogP contribution < -0.4 is 4.74 Å². The molecule has 2 nitrogen and oxygen atoms in total. The quantitative estimate of drug-likeness (QED) is 0.801. The van der Waals surface area contributed by atoms with E-state index >= 15 is 0 Å². The van der Waals surface area contributed by atoms with Crippen LogP contribution in [0.25, 0.3) is 0 Å². The average molecular weight is 337 g/mol. The Morgan fingerprint density at radius 1 is 1.26 bits per heavy atom. The molecule has 0 heterocycles. The molecule has 4 heteroatoms. The molecule has 0 unspecified atom stereocenters. The minimum absolute atomic E-state index is 0.412. The van der Waals surface area contributed by atoms with Crippen LogP contribution in [-0.2, 0) is 6.61 Å². The van der Waals surface area contributed by atoms with Crippen LogP contribution in [0, 0.1) is 18.3 Å². The second-order valence-corrected chi connectivity index (χ2v) is 5.44. The second kappa shape index (κ2) is 6.10. The van der Waals surface area contributed by atoms with Crippen molar-refractivity contribution >= 4 is 27.5 Å². The van der Waals surface area contributed by atoms with Gasteiger partial charge in [-0.1, -0.05) is 41.4 Å². The van der Waals surface area contributed by atoms with Crippen molar-refractivity contribution in [3.05, 3.63) is 62.6 Å². The van der Waals surface area contributed by atoms with E-state index < -0.39 is 0 Å². The Morgan fingerprint density at radius 2 is 1.95 bits per heavy atom.